The Morgan fingerprint density at radius 3 is 2.90 bits per heavy atom. The Hall–Kier alpha value is -2.35. The number of halogens is 1. The lowest BCUT2D eigenvalue weighted by atomic mass is 10.1. The van der Waals surface area contributed by atoms with Crippen molar-refractivity contribution in [1.29, 1.82) is 5.26 Å². The van der Waals surface area contributed by atoms with Gasteiger partial charge in [0.05, 0.1) is 32.5 Å². The molecule has 0 spiro atoms. The van der Waals surface area contributed by atoms with Gasteiger partial charge < -0.3 is 15.6 Å². The van der Waals surface area contributed by atoms with Crippen LogP contribution in [0.3, 0.4) is 0 Å². The first-order valence-corrected chi connectivity index (χ1v) is 6.54. The summed E-state index contributed by atoms with van der Waals surface area (Å²) in [5, 5.41) is 11.5. The molecule has 0 aliphatic carbocycles. The molecule has 0 fully saturated rings. The Labute approximate surface area is 128 Å². The normalized spacial score (nSPS) is 9.76. The molecule has 0 saturated carbocycles. The van der Waals surface area contributed by atoms with Crippen LogP contribution in [0.1, 0.15) is 15.9 Å². The third-order valence-electron chi connectivity index (χ3n) is 2.65. The fourth-order valence-electron chi connectivity index (χ4n) is 1.64. The average Bonchev–Trinajstić information content (AvgIpc) is 2.48. The number of hydrogen-bond acceptors (Lipinski definition) is 5. The number of pyridine rings is 1. The monoisotopic (exact) mass is 320 g/mol. The number of hydrogen-bond donors (Lipinski definition) is 2. The van der Waals surface area contributed by atoms with Crippen LogP contribution < -0.4 is 15.6 Å². The first-order chi connectivity index (χ1) is 10.1. The molecule has 0 aliphatic heterocycles. The van der Waals surface area contributed by atoms with Crippen LogP contribution in [0, 0.1) is 11.3 Å². The van der Waals surface area contributed by atoms with E-state index in [9.17, 15) is 4.79 Å². The predicted octanol–water partition coefficient (Wildman–Crippen LogP) is 2.61. The number of carbonyl (C=O) groups is 1. The lowest BCUT2D eigenvalue weighted by molar-refractivity contribution is 0.102. The maximum atomic E-state index is 12.3. The van der Waals surface area contributed by atoms with Crippen molar-refractivity contribution in [3.63, 3.8) is 0 Å². The summed E-state index contributed by atoms with van der Waals surface area (Å²) in [4.78, 5) is 16.1. The number of benzene rings is 1. The fraction of sp³-hybridized carbons (Fsp3) is 0. The van der Waals surface area contributed by atoms with Gasteiger partial charge in [-0.3, -0.25) is 4.79 Å². The van der Waals surface area contributed by atoms with Crippen LogP contribution in [0.5, 0.6) is 5.75 Å². The maximum Gasteiger partial charge on any atom is 0.262 e. The van der Waals surface area contributed by atoms with E-state index in [2.05, 4.69) is 10.3 Å². The SMILES string of the molecule is N#Cc1ccc(N)c(NC(=O)c2c(OP)ccnc2Cl)c1. The minimum Gasteiger partial charge on any atom is -0.479 e. The number of nitrogens with one attached hydrogen (secondary N) is 1. The summed E-state index contributed by atoms with van der Waals surface area (Å²) in [6, 6.07) is 8.03. The van der Waals surface area contributed by atoms with E-state index in [1.165, 1.54) is 24.4 Å². The molecule has 0 aliphatic rings. The number of carbonyl (C=O) groups excluding carboxylic acids is 1. The molecule has 8 heteroatoms. The molecular formula is C13H10ClN4O2P. The van der Waals surface area contributed by atoms with Gasteiger partial charge in [-0.1, -0.05) is 11.6 Å². The van der Waals surface area contributed by atoms with Crippen molar-refractivity contribution < 1.29 is 9.32 Å². The second-order valence-corrected chi connectivity index (χ2v) is 4.55. The predicted molar refractivity (Wildman–Crippen MR) is 83.1 cm³/mol. The first-order valence-electron chi connectivity index (χ1n) is 5.69. The van der Waals surface area contributed by atoms with Gasteiger partial charge in [-0.2, -0.15) is 5.26 Å². The lowest BCUT2D eigenvalue weighted by Crippen LogP contribution is -2.15. The van der Waals surface area contributed by atoms with Crippen LogP contribution in [0.25, 0.3) is 0 Å². The third kappa shape index (κ3) is 3.22. The minimum atomic E-state index is -0.535. The summed E-state index contributed by atoms with van der Waals surface area (Å²) in [5.41, 5.74) is 6.87. The van der Waals surface area contributed by atoms with Gasteiger partial charge in [0, 0.05) is 6.20 Å². The quantitative estimate of drug-likeness (QED) is 0.514. The molecule has 2 aromatic rings. The molecule has 21 heavy (non-hydrogen) atoms. The number of amides is 1. The van der Waals surface area contributed by atoms with Gasteiger partial charge in [0.2, 0.25) is 0 Å². The van der Waals surface area contributed by atoms with Crippen molar-refractivity contribution in [2.45, 2.75) is 0 Å². The van der Waals surface area contributed by atoms with Crippen molar-refractivity contribution in [2.75, 3.05) is 11.1 Å². The molecule has 1 atom stereocenters. The highest BCUT2D eigenvalue weighted by Crippen LogP contribution is 2.28. The third-order valence-corrected chi connectivity index (χ3v) is 3.19. The van der Waals surface area contributed by atoms with E-state index < -0.39 is 5.91 Å². The first kappa shape index (κ1) is 15.0. The smallest absolute Gasteiger partial charge is 0.262 e. The summed E-state index contributed by atoms with van der Waals surface area (Å²) in [6.07, 6.45) is 1.42. The van der Waals surface area contributed by atoms with E-state index in [0.717, 1.165) is 0 Å². The topological polar surface area (TPSA) is 101 Å². The van der Waals surface area contributed by atoms with E-state index in [1.54, 1.807) is 6.07 Å². The molecule has 1 aromatic heterocycles. The Morgan fingerprint density at radius 2 is 2.24 bits per heavy atom. The summed E-state index contributed by atoms with van der Waals surface area (Å²) in [5.74, 6) is -0.278. The Kier molecular flexibility index (Phi) is 4.59. The van der Waals surface area contributed by atoms with E-state index in [0.29, 0.717) is 16.9 Å². The molecule has 3 N–H and O–H groups in total. The average molecular weight is 321 g/mol. The standard InChI is InChI=1S/C13H10ClN4O2P/c14-12-11(10(20-21)3-4-17-12)13(19)18-9-5-7(6-15)1-2-8(9)16/h1-5H,16,21H2,(H,18,19). The lowest BCUT2D eigenvalue weighted by Gasteiger charge is -2.11. The maximum absolute atomic E-state index is 12.3. The zero-order chi connectivity index (χ0) is 15.4. The highest BCUT2D eigenvalue weighted by Gasteiger charge is 2.18. The van der Waals surface area contributed by atoms with Gasteiger partial charge in [-0.15, -0.1) is 0 Å². The van der Waals surface area contributed by atoms with Crippen LogP contribution in [-0.4, -0.2) is 10.9 Å². The van der Waals surface area contributed by atoms with Crippen molar-refractivity contribution in [1.82, 2.24) is 4.98 Å². The number of nitrogens with two attached hydrogens (primary N) is 1. The Morgan fingerprint density at radius 1 is 1.48 bits per heavy atom. The Bertz CT molecular complexity index is 745. The van der Waals surface area contributed by atoms with Gasteiger partial charge >= 0.3 is 0 Å². The molecule has 106 valence electrons. The fourth-order valence-corrected chi connectivity index (χ4v) is 2.07. The summed E-state index contributed by atoms with van der Waals surface area (Å²) in [7, 11) is 2.04. The van der Waals surface area contributed by atoms with E-state index in [4.69, 9.17) is 27.1 Å². The van der Waals surface area contributed by atoms with Gasteiger partial charge in [-0.25, -0.2) is 4.98 Å². The van der Waals surface area contributed by atoms with E-state index >= 15 is 0 Å². The van der Waals surface area contributed by atoms with Gasteiger partial charge in [0.25, 0.3) is 5.91 Å². The number of aromatic nitrogens is 1. The number of nitrogens with zero attached hydrogens (tertiary/aromatic N) is 2. The van der Waals surface area contributed by atoms with Crippen LogP contribution in [-0.2, 0) is 0 Å². The van der Waals surface area contributed by atoms with Crippen LogP contribution in [0.4, 0.5) is 11.4 Å². The van der Waals surface area contributed by atoms with Gasteiger partial charge in [-0.05, 0) is 24.3 Å². The van der Waals surface area contributed by atoms with Gasteiger partial charge in [0.1, 0.15) is 16.5 Å². The molecule has 1 unspecified atom stereocenters. The summed E-state index contributed by atoms with van der Waals surface area (Å²) < 4.78 is 5.01. The zero-order valence-electron chi connectivity index (χ0n) is 10.6. The molecular weight excluding hydrogens is 311 g/mol. The van der Waals surface area contributed by atoms with Crippen molar-refractivity contribution in [3.8, 4) is 11.8 Å². The van der Waals surface area contributed by atoms with E-state index in [1.807, 2.05) is 15.5 Å². The molecule has 1 aromatic carbocycles. The van der Waals surface area contributed by atoms with Crippen LogP contribution in [0.15, 0.2) is 30.5 Å². The number of nitriles is 1. The van der Waals surface area contributed by atoms with E-state index in [-0.39, 0.29) is 16.5 Å². The molecule has 1 amide bonds. The Balaban J connectivity index is 2.37. The summed E-state index contributed by atoms with van der Waals surface area (Å²) >= 11 is 5.92. The minimum absolute atomic E-state index is 0.00228. The van der Waals surface area contributed by atoms with Crippen LogP contribution >= 0.6 is 21.1 Å². The number of anilines is 2. The second-order valence-electron chi connectivity index (χ2n) is 3.96. The molecule has 0 saturated heterocycles. The van der Waals surface area contributed by atoms with Crippen LogP contribution in [0.2, 0.25) is 5.15 Å². The van der Waals surface area contributed by atoms with Gasteiger partial charge in [0.15, 0.2) is 0 Å². The molecule has 1 heterocycles. The number of rotatable bonds is 3. The highest BCUT2D eigenvalue weighted by molar-refractivity contribution is 7.10. The largest absolute Gasteiger partial charge is 0.479 e. The van der Waals surface area contributed by atoms with Crippen molar-refractivity contribution in [3.05, 3.63) is 46.7 Å². The number of nitrogen functional groups attached to an aromatic ring is 1. The molecule has 6 nitrogen and oxygen atoms in total. The second kappa shape index (κ2) is 6.40. The highest BCUT2D eigenvalue weighted by atomic mass is 35.5. The molecule has 2 rings (SSSR count). The zero-order valence-corrected chi connectivity index (χ0v) is 12.5. The summed E-state index contributed by atoms with van der Waals surface area (Å²) in [6.45, 7) is 0. The van der Waals surface area contributed by atoms with Crippen molar-refractivity contribution >= 4 is 38.3 Å². The molecule has 0 radical (unpaired) electrons. The molecule has 0 bridgehead atoms. The van der Waals surface area contributed by atoms with Crippen molar-refractivity contribution in [2.24, 2.45) is 0 Å².